The van der Waals surface area contributed by atoms with E-state index in [1.54, 1.807) is 0 Å². The summed E-state index contributed by atoms with van der Waals surface area (Å²) in [5.41, 5.74) is 0. The minimum atomic E-state index is -2.11. The maximum atomic E-state index is 7.42. The summed E-state index contributed by atoms with van der Waals surface area (Å²) in [6.45, 7) is 12.6. The summed E-state index contributed by atoms with van der Waals surface area (Å²) >= 11 is 5.93. The van der Waals surface area contributed by atoms with Crippen LogP contribution < -0.4 is 0 Å². The molecular formula is C101H206OS2. The Kier molecular flexibility index (Phi) is 91.2. The van der Waals surface area contributed by atoms with Crippen LogP contribution in [0.25, 0.3) is 0 Å². The van der Waals surface area contributed by atoms with Gasteiger partial charge in [0.25, 0.3) is 0 Å². The van der Waals surface area contributed by atoms with E-state index in [-0.39, 0.29) is 0 Å². The number of ether oxygens (including phenoxy) is 1. The second-order valence-corrected chi connectivity index (χ2v) is 42.1. The maximum absolute atomic E-state index is 7.42. The molecule has 0 aromatic rings. The quantitative estimate of drug-likeness (QED) is 0.0363. The molecule has 0 fully saturated rings. The maximum Gasteiger partial charge on any atom is 0.116 e. The molecule has 3 heteroatoms. The van der Waals surface area contributed by atoms with Crippen molar-refractivity contribution in [1.29, 1.82) is 0 Å². The molecule has 0 heterocycles. The van der Waals surface area contributed by atoms with Crippen molar-refractivity contribution in [3.8, 4) is 0 Å². The van der Waals surface area contributed by atoms with Crippen LogP contribution in [-0.4, -0.2) is 34.0 Å². The molecule has 0 saturated heterocycles. The first-order valence-corrected chi connectivity index (χ1v) is 53.8. The van der Waals surface area contributed by atoms with Crippen LogP contribution >= 0.6 is 21.4 Å². The number of hydrogen-bond acceptors (Lipinski definition) is 1. The van der Waals surface area contributed by atoms with Gasteiger partial charge in [-0.1, -0.05) is 580 Å². The van der Waals surface area contributed by atoms with Gasteiger partial charge in [0.2, 0.25) is 0 Å². The summed E-state index contributed by atoms with van der Waals surface area (Å²) in [5.74, 6) is 5.74. The highest BCUT2D eigenvalue weighted by Gasteiger charge is 2.36. The fourth-order valence-electron chi connectivity index (χ4n) is 17.8. The largest absolute Gasteiger partial charge is 0.336 e. The number of thiol groups is 1. The molecule has 628 valence electrons. The Morgan fingerprint density at radius 2 is 0.240 bits per heavy atom. The first kappa shape index (κ1) is 105. The lowest BCUT2D eigenvalue weighted by Gasteiger charge is -2.52. The lowest BCUT2D eigenvalue weighted by molar-refractivity contribution is 0.307. The van der Waals surface area contributed by atoms with Gasteiger partial charge in [0, 0.05) is 0 Å². The molecule has 104 heavy (non-hydrogen) atoms. The Morgan fingerprint density at radius 3 is 0.356 bits per heavy atom. The third-order valence-corrected chi connectivity index (χ3v) is 33.6. The third-order valence-electron chi connectivity index (χ3n) is 25.3. The Balaban J connectivity index is 6.19. The summed E-state index contributed by atoms with van der Waals surface area (Å²) in [4.78, 5) is 0. The molecule has 0 amide bonds. The summed E-state index contributed by atoms with van der Waals surface area (Å²) in [6.07, 6.45) is 131. The Morgan fingerprint density at radius 1 is 0.144 bits per heavy atom. The van der Waals surface area contributed by atoms with E-state index in [1.807, 2.05) is 0 Å². The number of hydrogen-bond donors (Lipinski definition) is 1. The molecule has 0 N–H and O–H groups in total. The lowest BCUT2D eigenvalue weighted by atomic mass is 10.0. The van der Waals surface area contributed by atoms with Crippen molar-refractivity contribution < 1.29 is 4.74 Å². The molecule has 0 aromatic carbocycles. The van der Waals surface area contributed by atoms with Crippen molar-refractivity contribution >= 4 is 25.8 Å². The molecule has 0 unspecified atom stereocenters. The summed E-state index contributed by atoms with van der Waals surface area (Å²) in [7, 11) is -2.11. The van der Waals surface area contributed by atoms with E-state index in [0.29, 0.717) is 0 Å². The average Bonchev–Trinajstić information content (AvgIpc) is 0.749. The van der Waals surface area contributed by atoms with Crippen molar-refractivity contribution in [3.05, 3.63) is 0 Å². The third kappa shape index (κ3) is 76.5. The standard InChI is InChI=1S/C101H206OS2/c1-6-11-16-21-26-31-36-41-46-51-56-61-66-71-76-81-86-91-96-102-101(103)104(97-92-87-82-77-72-67-62-57-52-47-42-37-32-27-22-17-12-7-2,98-93-88-83-78-73-68-63-58-53-48-43-38-33-28-23-18-13-8-3,99-94-89-84-79-74-69-64-59-54-49-44-39-34-29-24-19-14-9-4)100-95-90-85-80-75-70-65-60-55-50-45-40-35-30-25-20-15-10-5/h103H,6-100H2,1-5H3. The van der Waals surface area contributed by atoms with E-state index in [4.69, 9.17) is 17.4 Å². The van der Waals surface area contributed by atoms with Gasteiger partial charge in [-0.25, -0.2) is 8.75 Å². The zero-order chi connectivity index (χ0) is 74.9. The van der Waals surface area contributed by atoms with Gasteiger partial charge < -0.3 is 4.74 Å². The normalized spacial score (nSPS) is 12.4. The Bertz CT molecular complexity index is 1420. The van der Waals surface area contributed by atoms with E-state index >= 15 is 0 Å². The number of unbranched alkanes of at least 4 members (excludes halogenated alkanes) is 85. The van der Waals surface area contributed by atoms with Gasteiger partial charge in [-0.15, -0.1) is 12.6 Å². The van der Waals surface area contributed by atoms with Crippen molar-refractivity contribution in [2.24, 2.45) is 0 Å². The van der Waals surface area contributed by atoms with Gasteiger partial charge in [-0.2, -0.15) is 0 Å². The molecule has 0 atom stereocenters. The molecule has 0 aliphatic carbocycles. The molecule has 0 saturated carbocycles. The van der Waals surface area contributed by atoms with Crippen LogP contribution in [0.15, 0.2) is 0 Å². The van der Waals surface area contributed by atoms with Crippen LogP contribution in [0, 0.1) is 0 Å². The van der Waals surface area contributed by atoms with E-state index in [0.717, 1.165) is 6.61 Å². The van der Waals surface area contributed by atoms with Crippen LogP contribution in [0.2, 0.25) is 0 Å². The molecule has 0 aliphatic rings. The van der Waals surface area contributed by atoms with E-state index < -0.39 is 8.75 Å². The number of rotatable bonds is 95. The van der Waals surface area contributed by atoms with Crippen LogP contribution in [0.3, 0.4) is 0 Å². The fourth-order valence-corrected chi connectivity index (χ4v) is 25.2. The fraction of sp³-hybridized carbons (Fsp3) is 0.990. The van der Waals surface area contributed by atoms with Crippen molar-refractivity contribution in [3.63, 3.8) is 0 Å². The van der Waals surface area contributed by atoms with Gasteiger partial charge in [-0.3, -0.25) is 0 Å². The molecule has 0 rings (SSSR count). The highest BCUT2D eigenvalue weighted by Crippen LogP contribution is 2.64. The topological polar surface area (TPSA) is 9.23 Å². The first-order chi connectivity index (χ1) is 51.5. The Hall–Kier alpha value is 0.530. The molecule has 0 bridgehead atoms. The van der Waals surface area contributed by atoms with Crippen LogP contribution in [-0.2, 0) is 4.74 Å². The van der Waals surface area contributed by atoms with Crippen molar-refractivity contribution in [1.82, 2.24) is 0 Å². The summed E-state index contributed by atoms with van der Waals surface area (Å²) in [5, 5.41) is 0. The molecule has 0 radical (unpaired) electrons. The highest BCUT2D eigenvalue weighted by molar-refractivity contribution is 8.52. The highest BCUT2D eigenvalue weighted by atomic mass is 32.3. The van der Waals surface area contributed by atoms with Crippen molar-refractivity contribution in [2.75, 3.05) is 29.6 Å². The van der Waals surface area contributed by atoms with Crippen LogP contribution in [0.5, 0.6) is 0 Å². The molecule has 0 spiro atoms. The van der Waals surface area contributed by atoms with E-state index in [1.165, 1.54) is 605 Å². The Labute approximate surface area is 668 Å². The average molecular weight is 1500 g/mol. The first-order valence-electron chi connectivity index (χ1n) is 50.6. The van der Waals surface area contributed by atoms with Gasteiger partial charge in [0.1, 0.15) is 4.38 Å². The minimum Gasteiger partial charge on any atom is -0.336 e. The van der Waals surface area contributed by atoms with Crippen LogP contribution in [0.1, 0.15) is 612 Å². The van der Waals surface area contributed by atoms with Gasteiger partial charge in [0.05, 0.1) is 6.61 Å². The summed E-state index contributed by atoms with van der Waals surface area (Å²) < 4.78 is 8.76. The monoisotopic (exact) mass is 1500 g/mol. The zero-order valence-corrected chi connectivity index (χ0v) is 75.6. The van der Waals surface area contributed by atoms with Crippen LogP contribution in [0.4, 0.5) is 0 Å². The lowest BCUT2D eigenvalue weighted by Crippen LogP contribution is -2.31. The van der Waals surface area contributed by atoms with E-state index in [9.17, 15) is 0 Å². The second kappa shape index (κ2) is 90.7. The molecule has 0 aromatic heterocycles. The SMILES string of the molecule is CCCCCCCCCCCCCCCCCCCCOC(S)=S(CCCCCCCCCCCCCCCCCCCC)(CCCCCCCCCCCCCCCCCCCC)(CCCCCCCCCCCCCCCCCCCC)CCCCCCCCCCCCCCCCCCCC. The smallest absolute Gasteiger partial charge is 0.116 e. The van der Waals surface area contributed by atoms with E-state index in [2.05, 4.69) is 34.6 Å². The van der Waals surface area contributed by atoms with Gasteiger partial charge >= 0.3 is 0 Å². The zero-order valence-electron chi connectivity index (χ0n) is 73.9. The predicted molar refractivity (Wildman–Crippen MR) is 491 cm³/mol. The van der Waals surface area contributed by atoms with Crippen molar-refractivity contribution in [2.45, 2.75) is 612 Å². The molecule has 1 nitrogen and oxygen atoms in total. The summed E-state index contributed by atoms with van der Waals surface area (Å²) in [6, 6.07) is 0. The molecule has 0 aliphatic heterocycles. The second-order valence-electron chi connectivity index (χ2n) is 35.8. The predicted octanol–water partition coefficient (Wildman–Crippen LogP) is 38.6. The minimum absolute atomic E-state index is 0.917. The van der Waals surface area contributed by atoms with Gasteiger partial charge in [0.15, 0.2) is 0 Å². The molecular weight excluding hydrogens is 1290 g/mol. The van der Waals surface area contributed by atoms with Gasteiger partial charge in [-0.05, 0) is 55.1 Å².